The van der Waals surface area contributed by atoms with Gasteiger partial charge in [0.05, 0.1) is 11.9 Å². The van der Waals surface area contributed by atoms with Gasteiger partial charge in [-0.05, 0) is 26.4 Å². The van der Waals surface area contributed by atoms with E-state index in [0.29, 0.717) is 6.54 Å². The van der Waals surface area contributed by atoms with E-state index in [1.54, 1.807) is 12.3 Å². The van der Waals surface area contributed by atoms with Gasteiger partial charge in [-0.1, -0.05) is 0 Å². The molecule has 0 aliphatic carbocycles. The second kappa shape index (κ2) is 6.27. The lowest BCUT2D eigenvalue weighted by atomic mass is 10.3. The van der Waals surface area contributed by atoms with Crippen LogP contribution < -0.4 is 15.8 Å². The fraction of sp³-hybridized carbons (Fsp3) is 0.636. The van der Waals surface area contributed by atoms with Crippen molar-refractivity contribution in [2.75, 3.05) is 32.6 Å². The van der Waals surface area contributed by atoms with Gasteiger partial charge in [0.25, 0.3) is 5.56 Å². The van der Waals surface area contributed by atoms with E-state index < -0.39 is 0 Å². The lowest BCUT2D eigenvalue weighted by molar-refractivity contribution is 0.524. The summed E-state index contributed by atoms with van der Waals surface area (Å²) in [5.41, 5.74) is 0.812. The van der Waals surface area contributed by atoms with E-state index in [1.807, 2.05) is 26.0 Å². The molecule has 0 radical (unpaired) electrons. The first kappa shape index (κ1) is 12.7. The molecule has 0 amide bonds. The molecule has 0 saturated carbocycles. The Balaban J connectivity index is 2.58. The number of aryl methyl sites for hydroxylation is 1. The van der Waals surface area contributed by atoms with E-state index in [1.165, 1.54) is 4.68 Å². The molecule has 5 nitrogen and oxygen atoms in total. The van der Waals surface area contributed by atoms with Gasteiger partial charge in [0.1, 0.15) is 0 Å². The lowest BCUT2D eigenvalue weighted by Gasteiger charge is -2.12. The highest BCUT2D eigenvalue weighted by atomic mass is 16.1. The van der Waals surface area contributed by atoms with Crippen LogP contribution >= 0.6 is 0 Å². The van der Waals surface area contributed by atoms with Crippen molar-refractivity contribution in [1.29, 1.82) is 0 Å². The summed E-state index contributed by atoms with van der Waals surface area (Å²) in [4.78, 5) is 13.5. The maximum Gasteiger partial charge on any atom is 0.268 e. The minimum absolute atomic E-state index is 0.0318. The number of anilines is 1. The van der Waals surface area contributed by atoms with Crippen LogP contribution in [0.1, 0.15) is 12.8 Å². The Labute approximate surface area is 96.1 Å². The van der Waals surface area contributed by atoms with Gasteiger partial charge in [-0.3, -0.25) is 4.79 Å². The van der Waals surface area contributed by atoms with Gasteiger partial charge < -0.3 is 10.2 Å². The predicted molar refractivity (Wildman–Crippen MR) is 66.0 cm³/mol. The van der Waals surface area contributed by atoms with Crippen LogP contribution in [0.15, 0.2) is 17.1 Å². The Bertz CT molecular complexity index is 372. The standard InChI is InChI=1S/C11H20N4O/c1-12-6-4-5-7-15-11(16)8-10(9-13-15)14(2)3/h8-9,12H,4-7H2,1-3H3. The molecular weight excluding hydrogens is 204 g/mol. The maximum absolute atomic E-state index is 11.7. The molecule has 0 spiro atoms. The van der Waals surface area contributed by atoms with Crippen molar-refractivity contribution < 1.29 is 0 Å². The van der Waals surface area contributed by atoms with Crippen LogP contribution in [0.4, 0.5) is 5.69 Å². The zero-order valence-corrected chi connectivity index (χ0v) is 10.2. The monoisotopic (exact) mass is 224 g/mol. The Kier molecular flexibility index (Phi) is 4.98. The van der Waals surface area contributed by atoms with E-state index in [2.05, 4.69) is 10.4 Å². The van der Waals surface area contributed by atoms with Gasteiger partial charge in [0.15, 0.2) is 0 Å². The number of aromatic nitrogens is 2. The molecule has 5 heteroatoms. The van der Waals surface area contributed by atoms with Crippen molar-refractivity contribution >= 4 is 5.69 Å². The SMILES string of the molecule is CNCCCCn1ncc(N(C)C)cc1=O. The minimum Gasteiger partial charge on any atom is -0.376 e. The van der Waals surface area contributed by atoms with E-state index >= 15 is 0 Å². The van der Waals surface area contributed by atoms with Gasteiger partial charge in [0, 0.05) is 26.7 Å². The molecule has 90 valence electrons. The number of hydrogen-bond donors (Lipinski definition) is 1. The second-order valence-corrected chi connectivity index (χ2v) is 3.98. The van der Waals surface area contributed by atoms with Crippen LogP contribution in [0, 0.1) is 0 Å². The smallest absolute Gasteiger partial charge is 0.268 e. The van der Waals surface area contributed by atoms with Crippen LogP contribution in [0.2, 0.25) is 0 Å². The molecule has 0 aliphatic rings. The summed E-state index contributed by atoms with van der Waals surface area (Å²) in [5, 5.41) is 7.22. The molecule has 1 rings (SSSR count). The molecule has 1 aromatic heterocycles. The predicted octanol–water partition coefficient (Wildman–Crippen LogP) is 0.309. The first-order valence-corrected chi connectivity index (χ1v) is 5.54. The highest BCUT2D eigenvalue weighted by Gasteiger charge is 2.01. The zero-order valence-electron chi connectivity index (χ0n) is 10.2. The second-order valence-electron chi connectivity index (χ2n) is 3.98. The summed E-state index contributed by atoms with van der Waals surface area (Å²) in [5.74, 6) is 0. The summed E-state index contributed by atoms with van der Waals surface area (Å²) in [6, 6.07) is 1.62. The number of unbranched alkanes of at least 4 members (excludes halogenated alkanes) is 1. The summed E-state index contributed by atoms with van der Waals surface area (Å²) >= 11 is 0. The van der Waals surface area contributed by atoms with Crippen LogP contribution in [0.5, 0.6) is 0 Å². The lowest BCUT2D eigenvalue weighted by Crippen LogP contribution is -2.24. The van der Waals surface area contributed by atoms with E-state index in [4.69, 9.17) is 0 Å². The number of nitrogens with one attached hydrogen (secondary N) is 1. The fourth-order valence-corrected chi connectivity index (χ4v) is 1.40. The summed E-state index contributed by atoms with van der Waals surface area (Å²) in [6.45, 7) is 1.67. The molecule has 1 N–H and O–H groups in total. The summed E-state index contributed by atoms with van der Waals surface area (Å²) < 4.78 is 1.52. The molecule has 16 heavy (non-hydrogen) atoms. The molecule has 1 aromatic rings. The van der Waals surface area contributed by atoms with Crippen LogP contribution in [0.3, 0.4) is 0 Å². The fourth-order valence-electron chi connectivity index (χ4n) is 1.40. The number of rotatable bonds is 6. The van der Waals surface area contributed by atoms with Crippen molar-refractivity contribution in [2.24, 2.45) is 0 Å². The molecule has 0 aromatic carbocycles. The Morgan fingerprint density at radius 2 is 2.19 bits per heavy atom. The Morgan fingerprint density at radius 3 is 2.75 bits per heavy atom. The van der Waals surface area contributed by atoms with Crippen molar-refractivity contribution in [3.8, 4) is 0 Å². The van der Waals surface area contributed by atoms with Crippen molar-refractivity contribution in [3.63, 3.8) is 0 Å². The third-order valence-corrected chi connectivity index (χ3v) is 2.42. The van der Waals surface area contributed by atoms with Crippen molar-refractivity contribution in [3.05, 3.63) is 22.6 Å². The third-order valence-electron chi connectivity index (χ3n) is 2.42. The molecule has 0 fully saturated rings. The Hall–Kier alpha value is -1.36. The third kappa shape index (κ3) is 3.66. The average Bonchev–Trinajstić information content (AvgIpc) is 2.26. The summed E-state index contributed by atoms with van der Waals surface area (Å²) in [7, 11) is 5.72. The number of hydrogen-bond acceptors (Lipinski definition) is 4. The minimum atomic E-state index is -0.0318. The van der Waals surface area contributed by atoms with E-state index in [9.17, 15) is 4.79 Å². The Morgan fingerprint density at radius 1 is 1.44 bits per heavy atom. The highest BCUT2D eigenvalue weighted by Crippen LogP contribution is 2.03. The van der Waals surface area contributed by atoms with Crippen LogP contribution in [-0.2, 0) is 6.54 Å². The first-order chi connectivity index (χ1) is 7.65. The van der Waals surface area contributed by atoms with Crippen molar-refractivity contribution in [1.82, 2.24) is 15.1 Å². The number of nitrogens with zero attached hydrogens (tertiary/aromatic N) is 3. The van der Waals surface area contributed by atoms with Gasteiger partial charge in [-0.15, -0.1) is 0 Å². The zero-order chi connectivity index (χ0) is 12.0. The largest absolute Gasteiger partial charge is 0.376 e. The summed E-state index contributed by atoms with van der Waals surface area (Å²) in [6.07, 6.45) is 3.74. The first-order valence-electron chi connectivity index (χ1n) is 5.54. The van der Waals surface area contributed by atoms with E-state index in [-0.39, 0.29) is 5.56 Å². The van der Waals surface area contributed by atoms with Gasteiger partial charge in [-0.25, -0.2) is 4.68 Å². The normalized spacial score (nSPS) is 10.4. The van der Waals surface area contributed by atoms with Gasteiger partial charge in [0.2, 0.25) is 0 Å². The molecule has 1 heterocycles. The quantitative estimate of drug-likeness (QED) is 0.707. The molecule has 0 aliphatic heterocycles. The molecule has 0 unspecified atom stereocenters. The van der Waals surface area contributed by atoms with Gasteiger partial charge >= 0.3 is 0 Å². The maximum atomic E-state index is 11.7. The van der Waals surface area contributed by atoms with E-state index in [0.717, 1.165) is 25.1 Å². The van der Waals surface area contributed by atoms with Gasteiger partial charge in [-0.2, -0.15) is 5.10 Å². The highest BCUT2D eigenvalue weighted by molar-refractivity contribution is 5.40. The topological polar surface area (TPSA) is 50.2 Å². The molecule has 0 bridgehead atoms. The van der Waals surface area contributed by atoms with Crippen LogP contribution in [-0.4, -0.2) is 37.5 Å². The molecule has 0 atom stereocenters. The van der Waals surface area contributed by atoms with Crippen molar-refractivity contribution in [2.45, 2.75) is 19.4 Å². The molecular formula is C11H20N4O. The average molecular weight is 224 g/mol. The van der Waals surface area contributed by atoms with Crippen LogP contribution in [0.25, 0.3) is 0 Å². The molecule has 0 saturated heterocycles.